The lowest BCUT2D eigenvalue weighted by Crippen LogP contribution is -2.44. The Bertz CT molecular complexity index is 884. The van der Waals surface area contributed by atoms with Crippen LogP contribution in [0.4, 0.5) is 5.69 Å². The minimum atomic E-state index is 0.605. The number of halogens is 1. The molecule has 0 amide bonds. The van der Waals surface area contributed by atoms with Crippen molar-refractivity contribution >= 4 is 28.3 Å². The van der Waals surface area contributed by atoms with E-state index in [4.69, 9.17) is 20.8 Å². The maximum Gasteiger partial charge on any atom is 0.159 e. The molecule has 1 aliphatic rings. The van der Waals surface area contributed by atoms with Crippen molar-refractivity contribution in [2.75, 3.05) is 45.2 Å². The Balaban J connectivity index is 1.97. The molecule has 0 N–H and O–H groups in total. The SMILES string of the molecule is COc1ccc(Cl)c2oc(-c3ccccc3)c(N3CCN(C)CC3)c12. The smallest absolute Gasteiger partial charge is 0.159 e. The average molecular weight is 357 g/mol. The number of furan rings is 1. The standard InChI is InChI=1S/C20H21ClN2O2/c1-22-10-12-23(13-11-22)18-17-16(24-2)9-8-15(21)20(17)25-19(18)14-6-4-3-5-7-14/h3-9H,10-13H2,1-2H3. The molecule has 2 heterocycles. The lowest BCUT2D eigenvalue weighted by Gasteiger charge is -2.34. The first-order chi connectivity index (χ1) is 12.2. The first-order valence-corrected chi connectivity index (χ1v) is 8.84. The molecule has 0 atom stereocenters. The van der Waals surface area contributed by atoms with Crippen LogP contribution >= 0.6 is 11.6 Å². The normalized spacial score (nSPS) is 15.7. The number of piperazine rings is 1. The molecule has 1 fully saturated rings. The first-order valence-electron chi connectivity index (χ1n) is 8.47. The van der Waals surface area contributed by atoms with Gasteiger partial charge in [-0.1, -0.05) is 41.9 Å². The Labute approximate surface area is 152 Å². The van der Waals surface area contributed by atoms with Crippen LogP contribution in [0.1, 0.15) is 0 Å². The van der Waals surface area contributed by atoms with Crippen LogP contribution in [0.2, 0.25) is 5.02 Å². The predicted molar refractivity (Wildman–Crippen MR) is 103 cm³/mol. The molecule has 0 aliphatic carbocycles. The molecule has 0 saturated carbocycles. The predicted octanol–water partition coefficient (Wildman–Crippen LogP) is 4.51. The van der Waals surface area contributed by atoms with Gasteiger partial charge in [-0.15, -0.1) is 0 Å². The molecular weight excluding hydrogens is 336 g/mol. The minimum Gasteiger partial charge on any atom is -0.496 e. The van der Waals surface area contributed by atoms with E-state index < -0.39 is 0 Å². The Hall–Kier alpha value is -2.17. The van der Waals surface area contributed by atoms with Crippen molar-refractivity contribution in [2.45, 2.75) is 0 Å². The number of ether oxygens (including phenoxy) is 1. The Morgan fingerprint density at radius 1 is 1.00 bits per heavy atom. The number of likely N-dealkylation sites (N-methyl/N-ethyl adjacent to an activating group) is 1. The van der Waals surface area contributed by atoms with Gasteiger partial charge in [-0.2, -0.15) is 0 Å². The highest BCUT2D eigenvalue weighted by Crippen LogP contribution is 2.47. The molecule has 4 nitrogen and oxygen atoms in total. The summed E-state index contributed by atoms with van der Waals surface area (Å²) in [6, 6.07) is 13.9. The molecule has 4 rings (SSSR count). The van der Waals surface area contributed by atoms with Crippen molar-refractivity contribution in [3.8, 4) is 17.1 Å². The van der Waals surface area contributed by atoms with Gasteiger partial charge < -0.3 is 19.0 Å². The van der Waals surface area contributed by atoms with Crippen LogP contribution in [0, 0.1) is 0 Å². The first kappa shape index (κ1) is 16.3. The molecule has 25 heavy (non-hydrogen) atoms. The maximum absolute atomic E-state index is 6.44. The summed E-state index contributed by atoms with van der Waals surface area (Å²) >= 11 is 6.44. The van der Waals surface area contributed by atoms with Crippen LogP contribution in [0.5, 0.6) is 5.75 Å². The summed E-state index contributed by atoms with van der Waals surface area (Å²) < 4.78 is 11.9. The fourth-order valence-electron chi connectivity index (χ4n) is 3.41. The minimum absolute atomic E-state index is 0.605. The van der Waals surface area contributed by atoms with Crippen molar-refractivity contribution in [3.63, 3.8) is 0 Å². The molecule has 1 saturated heterocycles. The van der Waals surface area contributed by atoms with E-state index >= 15 is 0 Å². The molecule has 3 aromatic rings. The third-order valence-electron chi connectivity index (χ3n) is 4.80. The van der Waals surface area contributed by atoms with E-state index in [0.717, 1.165) is 54.3 Å². The van der Waals surface area contributed by atoms with Crippen LogP contribution in [0.3, 0.4) is 0 Å². The van der Waals surface area contributed by atoms with Gasteiger partial charge in [0.15, 0.2) is 11.3 Å². The van der Waals surface area contributed by atoms with Gasteiger partial charge in [-0.3, -0.25) is 0 Å². The zero-order chi connectivity index (χ0) is 17.4. The highest BCUT2D eigenvalue weighted by atomic mass is 35.5. The molecule has 0 radical (unpaired) electrons. The second-order valence-electron chi connectivity index (χ2n) is 6.39. The van der Waals surface area contributed by atoms with E-state index in [9.17, 15) is 0 Å². The van der Waals surface area contributed by atoms with Gasteiger partial charge in [-0.05, 0) is 19.2 Å². The van der Waals surface area contributed by atoms with Gasteiger partial charge in [0.05, 0.1) is 23.2 Å². The number of nitrogens with zero attached hydrogens (tertiary/aromatic N) is 2. The van der Waals surface area contributed by atoms with E-state index in [2.05, 4.69) is 29.0 Å². The van der Waals surface area contributed by atoms with Gasteiger partial charge in [0.1, 0.15) is 5.75 Å². The van der Waals surface area contributed by atoms with Crippen molar-refractivity contribution < 1.29 is 9.15 Å². The molecule has 1 aromatic heterocycles. The van der Waals surface area contributed by atoms with Crippen LogP contribution in [0.15, 0.2) is 46.9 Å². The number of anilines is 1. The summed E-state index contributed by atoms with van der Waals surface area (Å²) in [7, 11) is 3.84. The van der Waals surface area contributed by atoms with Gasteiger partial charge >= 0.3 is 0 Å². The third-order valence-corrected chi connectivity index (χ3v) is 5.10. The zero-order valence-electron chi connectivity index (χ0n) is 14.5. The van der Waals surface area contributed by atoms with Crippen LogP contribution in [-0.2, 0) is 0 Å². The molecule has 2 aromatic carbocycles. The lowest BCUT2D eigenvalue weighted by molar-refractivity contribution is 0.313. The van der Waals surface area contributed by atoms with Crippen LogP contribution < -0.4 is 9.64 Å². The monoisotopic (exact) mass is 356 g/mol. The Kier molecular flexibility index (Phi) is 4.32. The topological polar surface area (TPSA) is 28.9 Å². The fourth-order valence-corrected chi connectivity index (χ4v) is 3.61. The summed E-state index contributed by atoms with van der Waals surface area (Å²) in [5.74, 6) is 1.64. The number of benzene rings is 2. The van der Waals surface area contributed by atoms with Crippen LogP contribution in [0.25, 0.3) is 22.3 Å². The lowest BCUT2D eigenvalue weighted by atomic mass is 10.1. The molecule has 0 unspecified atom stereocenters. The van der Waals surface area contributed by atoms with E-state index in [0.29, 0.717) is 10.6 Å². The molecule has 0 spiro atoms. The number of rotatable bonds is 3. The van der Waals surface area contributed by atoms with Gasteiger partial charge in [-0.25, -0.2) is 0 Å². The quantitative estimate of drug-likeness (QED) is 0.690. The van der Waals surface area contributed by atoms with Gasteiger partial charge in [0.2, 0.25) is 0 Å². The highest BCUT2D eigenvalue weighted by molar-refractivity contribution is 6.35. The second kappa shape index (κ2) is 6.62. The summed E-state index contributed by atoms with van der Waals surface area (Å²) in [6.45, 7) is 3.93. The highest BCUT2D eigenvalue weighted by Gasteiger charge is 2.27. The maximum atomic E-state index is 6.44. The zero-order valence-corrected chi connectivity index (χ0v) is 15.2. The van der Waals surface area contributed by atoms with Crippen molar-refractivity contribution in [1.82, 2.24) is 4.90 Å². The Morgan fingerprint density at radius 3 is 2.40 bits per heavy atom. The van der Waals surface area contributed by atoms with Crippen LogP contribution in [-0.4, -0.2) is 45.2 Å². The summed E-state index contributed by atoms with van der Waals surface area (Å²) in [5, 5.41) is 1.56. The Morgan fingerprint density at radius 2 is 1.72 bits per heavy atom. The average Bonchev–Trinajstić information content (AvgIpc) is 3.05. The second-order valence-corrected chi connectivity index (χ2v) is 6.80. The van der Waals surface area contributed by atoms with E-state index in [-0.39, 0.29) is 0 Å². The molecule has 5 heteroatoms. The molecule has 1 aliphatic heterocycles. The van der Waals surface area contributed by atoms with Crippen molar-refractivity contribution in [1.29, 1.82) is 0 Å². The molecule has 0 bridgehead atoms. The van der Waals surface area contributed by atoms with Crippen molar-refractivity contribution in [3.05, 3.63) is 47.5 Å². The van der Waals surface area contributed by atoms with Gasteiger partial charge in [0, 0.05) is 31.7 Å². The summed E-state index contributed by atoms with van der Waals surface area (Å²) in [5.41, 5.74) is 2.81. The largest absolute Gasteiger partial charge is 0.496 e. The number of fused-ring (bicyclic) bond motifs is 1. The summed E-state index contributed by atoms with van der Waals surface area (Å²) in [6.07, 6.45) is 0. The fraction of sp³-hybridized carbons (Fsp3) is 0.300. The molecular formula is C20H21ClN2O2. The van der Waals surface area contributed by atoms with Gasteiger partial charge in [0.25, 0.3) is 0 Å². The number of hydrogen-bond acceptors (Lipinski definition) is 4. The van der Waals surface area contributed by atoms with E-state index in [1.165, 1.54) is 0 Å². The number of methoxy groups -OCH3 is 1. The number of hydrogen-bond donors (Lipinski definition) is 0. The molecule has 130 valence electrons. The third kappa shape index (κ3) is 2.86. The van der Waals surface area contributed by atoms with E-state index in [1.807, 2.05) is 30.3 Å². The van der Waals surface area contributed by atoms with Crippen molar-refractivity contribution in [2.24, 2.45) is 0 Å². The summed E-state index contributed by atoms with van der Waals surface area (Å²) in [4.78, 5) is 4.72. The van der Waals surface area contributed by atoms with E-state index in [1.54, 1.807) is 7.11 Å².